The van der Waals surface area contributed by atoms with Crippen LogP contribution < -0.4 is 5.32 Å². The van der Waals surface area contributed by atoms with E-state index in [4.69, 9.17) is 0 Å². The molecule has 0 heterocycles. The molecule has 0 fully saturated rings. The van der Waals surface area contributed by atoms with Gasteiger partial charge in [0.1, 0.15) is 5.82 Å². The molecular formula is C17H28FN. The van der Waals surface area contributed by atoms with Crippen molar-refractivity contribution in [2.24, 2.45) is 5.92 Å². The molecule has 19 heavy (non-hydrogen) atoms. The molecule has 1 unspecified atom stereocenters. The van der Waals surface area contributed by atoms with E-state index in [-0.39, 0.29) is 11.4 Å². The highest BCUT2D eigenvalue weighted by Crippen LogP contribution is 2.24. The van der Waals surface area contributed by atoms with Crippen LogP contribution in [0.2, 0.25) is 0 Å². The van der Waals surface area contributed by atoms with Crippen LogP contribution in [0.5, 0.6) is 0 Å². The lowest BCUT2D eigenvalue weighted by Crippen LogP contribution is -2.38. The van der Waals surface area contributed by atoms with Gasteiger partial charge in [-0.05, 0) is 56.7 Å². The first-order chi connectivity index (χ1) is 8.78. The quantitative estimate of drug-likeness (QED) is 0.784. The zero-order valence-corrected chi connectivity index (χ0v) is 13.0. The molecule has 1 N–H and O–H groups in total. The van der Waals surface area contributed by atoms with Crippen LogP contribution in [0.15, 0.2) is 24.3 Å². The Balaban J connectivity index is 2.73. The molecule has 0 saturated carbocycles. The Bertz CT molecular complexity index is 379. The maximum absolute atomic E-state index is 13.4. The average Bonchev–Trinajstić information content (AvgIpc) is 2.27. The first kappa shape index (κ1) is 16.2. The second kappa shape index (κ2) is 7.04. The van der Waals surface area contributed by atoms with Crippen LogP contribution in [-0.2, 0) is 0 Å². The van der Waals surface area contributed by atoms with Crippen molar-refractivity contribution in [1.82, 2.24) is 5.32 Å². The monoisotopic (exact) mass is 265 g/mol. The van der Waals surface area contributed by atoms with Crippen molar-refractivity contribution in [3.63, 3.8) is 0 Å². The summed E-state index contributed by atoms with van der Waals surface area (Å²) in [5.74, 6) is 0.936. The fraction of sp³-hybridized carbons (Fsp3) is 0.647. The number of benzene rings is 1. The van der Waals surface area contributed by atoms with Gasteiger partial charge in [0.25, 0.3) is 0 Å². The van der Waals surface area contributed by atoms with Crippen molar-refractivity contribution in [2.45, 2.75) is 58.9 Å². The van der Waals surface area contributed by atoms with Crippen LogP contribution in [0.4, 0.5) is 4.39 Å². The summed E-state index contributed by atoms with van der Waals surface area (Å²) in [6.45, 7) is 11.9. The summed E-state index contributed by atoms with van der Waals surface area (Å²) >= 11 is 0. The van der Waals surface area contributed by atoms with E-state index in [0.717, 1.165) is 18.5 Å². The molecule has 1 aromatic carbocycles. The fourth-order valence-corrected chi connectivity index (χ4v) is 2.11. The van der Waals surface area contributed by atoms with Gasteiger partial charge >= 0.3 is 0 Å². The first-order valence-electron chi connectivity index (χ1n) is 7.28. The van der Waals surface area contributed by atoms with Crippen molar-refractivity contribution in [2.75, 3.05) is 6.54 Å². The van der Waals surface area contributed by atoms with Gasteiger partial charge in [-0.15, -0.1) is 0 Å². The third kappa shape index (κ3) is 6.72. The van der Waals surface area contributed by atoms with Crippen LogP contribution in [0.3, 0.4) is 0 Å². The highest BCUT2D eigenvalue weighted by molar-refractivity contribution is 5.21. The number of hydrogen-bond donors (Lipinski definition) is 1. The molecule has 0 aliphatic carbocycles. The maximum Gasteiger partial charge on any atom is 0.123 e. The lowest BCUT2D eigenvalue weighted by Gasteiger charge is -2.26. The second-order valence-electron chi connectivity index (χ2n) is 6.85. The molecule has 0 saturated heterocycles. The zero-order chi connectivity index (χ0) is 14.5. The summed E-state index contributed by atoms with van der Waals surface area (Å²) in [4.78, 5) is 0. The number of nitrogens with one attached hydrogen (secondary N) is 1. The topological polar surface area (TPSA) is 12.0 Å². The summed E-state index contributed by atoms with van der Waals surface area (Å²) in [5.41, 5.74) is 1.21. The predicted octanol–water partition coefficient (Wildman–Crippen LogP) is 4.73. The summed E-state index contributed by atoms with van der Waals surface area (Å²) in [5, 5.41) is 3.54. The minimum atomic E-state index is -0.136. The lowest BCUT2D eigenvalue weighted by molar-refractivity contribution is 0.387. The van der Waals surface area contributed by atoms with Crippen molar-refractivity contribution in [3.8, 4) is 0 Å². The minimum Gasteiger partial charge on any atom is -0.311 e. The Morgan fingerprint density at radius 2 is 1.84 bits per heavy atom. The molecule has 0 amide bonds. The minimum absolute atomic E-state index is 0.101. The highest BCUT2D eigenvalue weighted by Gasteiger charge is 2.16. The van der Waals surface area contributed by atoms with Crippen molar-refractivity contribution < 1.29 is 4.39 Å². The molecule has 0 spiro atoms. The molecule has 0 aromatic heterocycles. The van der Waals surface area contributed by atoms with E-state index in [0.29, 0.717) is 11.8 Å². The molecule has 108 valence electrons. The molecule has 1 atom stereocenters. The average molecular weight is 265 g/mol. The molecule has 1 aromatic rings. The van der Waals surface area contributed by atoms with Gasteiger partial charge in [0.15, 0.2) is 0 Å². The molecule has 1 nitrogen and oxygen atoms in total. The van der Waals surface area contributed by atoms with E-state index in [9.17, 15) is 4.39 Å². The van der Waals surface area contributed by atoms with Gasteiger partial charge in [0, 0.05) is 12.1 Å². The van der Waals surface area contributed by atoms with Crippen LogP contribution in [0.25, 0.3) is 0 Å². The third-order valence-electron chi connectivity index (χ3n) is 3.29. The van der Waals surface area contributed by atoms with E-state index in [1.807, 2.05) is 12.1 Å². The van der Waals surface area contributed by atoms with E-state index in [1.165, 1.54) is 12.5 Å². The molecule has 1 rings (SSSR count). The van der Waals surface area contributed by atoms with E-state index < -0.39 is 0 Å². The Kier molecular flexibility index (Phi) is 5.99. The summed E-state index contributed by atoms with van der Waals surface area (Å²) in [6.07, 6.45) is 2.28. The number of halogens is 1. The first-order valence-corrected chi connectivity index (χ1v) is 7.28. The summed E-state index contributed by atoms with van der Waals surface area (Å²) in [6, 6.07) is 7.04. The van der Waals surface area contributed by atoms with Gasteiger partial charge in [-0.25, -0.2) is 4.39 Å². The largest absolute Gasteiger partial charge is 0.311 e. The van der Waals surface area contributed by atoms with Crippen molar-refractivity contribution in [1.29, 1.82) is 0 Å². The van der Waals surface area contributed by atoms with Gasteiger partial charge in [-0.3, -0.25) is 0 Å². The number of rotatable bonds is 6. The van der Waals surface area contributed by atoms with E-state index in [1.54, 1.807) is 6.07 Å². The van der Waals surface area contributed by atoms with Crippen LogP contribution in [-0.4, -0.2) is 12.1 Å². The number of hydrogen-bond acceptors (Lipinski definition) is 1. The predicted molar refractivity (Wildman–Crippen MR) is 81.0 cm³/mol. The van der Waals surface area contributed by atoms with Crippen molar-refractivity contribution in [3.05, 3.63) is 35.6 Å². The molecule has 0 bridgehead atoms. The zero-order valence-electron chi connectivity index (χ0n) is 13.0. The SMILES string of the molecule is CC(C)CCC(CNC(C)(C)C)c1cccc(F)c1. The molecule has 0 radical (unpaired) electrons. The fourth-order valence-electron chi connectivity index (χ4n) is 2.11. The van der Waals surface area contributed by atoms with E-state index >= 15 is 0 Å². The molecular weight excluding hydrogens is 237 g/mol. The normalized spacial score (nSPS) is 13.8. The van der Waals surface area contributed by atoms with Gasteiger partial charge in [-0.2, -0.15) is 0 Å². The second-order valence-corrected chi connectivity index (χ2v) is 6.85. The molecule has 0 aliphatic heterocycles. The Hall–Kier alpha value is -0.890. The Morgan fingerprint density at radius 3 is 2.37 bits per heavy atom. The smallest absolute Gasteiger partial charge is 0.123 e. The van der Waals surface area contributed by atoms with Gasteiger partial charge < -0.3 is 5.32 Å². The third-order valence-corrected chi connectivity index (χ3v) is 3.29. The highest BCUT2D eigenvalue weighted by atomic mass is 19.1. The Morgan fingerprint density at radius 1 is 1.16 bits per heavy atom. The molecule has 0 aliphatic rings. The maximum atomic E-state index is 13.4. The summed E-state index contributed by atoms with van der Waals surface area (Å²) < 4.78 is 13.4. The molecule has 2 heteroatoms. The van der Waals surface area contributed by atoms with Gasteiger partial charge in [0.05, 0.1) is 0 Å². The van der Waals surface area contributed by atoms with Crippen LogP contribution in [0.1, 0.15) is 58.9 Å². The van der Waals surface area contributed by atoms with Crippen molar-refractivity contribution >= 4 is 0 Å². The van der Waals surface area contributed by atoms with E-state index in [2.05, 4.69) is 39.9 Å². The standard InChI is InChI=1S/C17H28FN/c1-13(2)9-10-15(12-19-17(3,4)5)14-7-6-8-16(18)11-14/h6-8,11,13,15,19H,9-10,12H2,1-5H3. The van der Waals surface area contributed by atoms with Gasteiger partial charge in [-0.1, -0.05) is 32.4 Å². The lowest BCUT2D eigenvalue weighted by atomic mass is 9.90. The summed E-state index contributed by atoms with van der Waals surface area (Å²) in [7, 11) is 0. The van der Waals surface area contributed by atoms with Crippen LogP contribution in [0, 0.1) is 11.7 Å². The Labute approximate surface area is 117 Å². The van der Waals surface area contributed by atoms with Crippen LogP contribution >= 0.6 is 0 Å². The van der Waals surface area contributed by atoms with Gasteiger partial charge in [0.2, 0.25) is 0 Å².